The van der Waals surface area contributed by atoms with E-state index in [-0.39, 0.29) is 12.4 Å². The summed E-state index contributed by atoms with van der Waals surface area (Å²) in [4.78, 5) is 0. The van der Waals surface area contributed by atoms with Crippen LogP contribution in [0.5, 0.6) is 5.88 Å². The van der Waals surface area contributed by atoms with Crippen LogP contribution in [0.3, 0.4) is 0 Å². The summed E-state index contributed by atoms with van der Waals surface area (Å²) in [5, 5.41) is 13.1. The van der Waals surface area contributed by atoms with Gasteiger partial charge in [0.25, 0.3) is 5.88 Å². The van der Waals surface area contributed by atoms with Crippen LogP contribution < -0.4 is 10.5 Å². The molecule has 21 heavy (non-hydrogen) atoms. The van der Waals surface area contributed by atoms with Crippen molar-refractivity contribution in [2.24, 2.45) is 5.73 Å². The molecule has 0 amide bonds. The van der Waals surface area contributed by atoms with Crippen LogP contribution in [-0.4, -0.2) is 33.7 Å². The van der Waals surface area contributed by atoms with Gasteiger partial charge in [-0.2, -0.15) is 15.4 Å². The van der Waals surface area contributed by atoms with E-state index in [0.717, 1.165) is 5.56 Å². The van der Waals surface area contributed by atoms with Crippen molar-refractivity contribution in [1.29, 1.82) is 0 Å². The molecule has 3 aromatic rings. The van der Waals surface area contributed by atoms with Crippen LogP contribution in [0.4, 0.5) is 0 Å². The number of aromatic nitrogens is 4. The van der Waals surface area contributed by atoms with Crippen molar-refractivity contribution in [3.8, 4) is 17.2 Å². The zero-order chi connectivity index (χ0) is 14.0. The van der Waals surface area contributed by atoms with Gasteiger partial charge in [0.05, 0.1) is 12.4 Å². The number of rotatable bonds is 4. The van der Waals surface area contributed by atoms with Crippen molar-refractivity contribution in [2.75, 3.05) is 13.2 Å². The van der Waals surface area contributed by atoms with Gasteiger partial charge in [-0.3, -0.25) is 0 Å². The first-order valence-corrected chi connectivity index (χ1v) is 6.05. The highest BCUT2D eigenvalue weighted by molar-refractivity contribution is 5.85. The fourth-order valence-electron chi connectivity index (χ4n) is 1.40. The summed E-state index contributed by atoms with van der Waals surface area (Å²) in [5.74, 6) is 1.17. The summed E-state index contributed by atoms with van der Waals surface area (Å²) < 4.78 is 10.4. The number of aromatic amines is 1. The fraction of sp³-hybridized carbons (Fsp3) is 0.154. The van der Waals surface area contributed by atoms with Gasteiger partial charge in [-0.25, -0.2) is 0 Å². The van der Waals surface area contributed by atoms with Gasteiger partial charge < -0.3 is 15.0 Å². The van der Waals surface area contributed by atoms with Crippen molar-refractivity contribution in [2.45, 2.75) is 0 Å². The standard InChI is InChI=1S/C11H12N2O2.C2H3N3.ClH/c12-6-7-14-11-8-10(15-13-11)9-4-2-1-3-5-9;1-2-4-5-3-1;/h1-5,8H,6-7,12H2;1-2H,(H,3,4,5);1H. The molecular formula is C13H16ClN5O2. The molecule has 0 aliphatic heterocycles. The average molecular weight is 310 g/mol. The van der Waals surface area contributed by atoms with Crippen LogP contribution in [0.15, 0.2) is 53.3 Å². The van der Waals surface area contributed by atoms with Crippen molar-refractivity contribution in [1.82, 2.24) is 20.6 Å². The molecule has 3 rings (SSSR count). The molecule has 8 heteroatoms. The third-order valence-corrected chi connectivity index (χ3v) is 2.25. The van der Waals surface area contributed by atoms with Crippen LogP contribution >= 0.6 is 12.4 Å². The minimum atomic E-state index is 0. The van der Waals surface area contributed by atoms with Crippen molar-refractivity contribution >= 4 is 12.4 Å². The molecule has 0 saturated heterocycles. The molecule has 0 fully saturated rings. The van der Waals surface area contributed by atoms with E-state index in [1.165, 1.54) is 0 Å². The Morgan fingerprint density at radius 2 is 1.86 bits per heavy atom. The number of hydrogen-bond donors (Lipinski definition) is 2. The van der Waals surface area contributed by atoms with E-state index in [9.17, 15) is 0 Å². The fourth-order valence-corrected chi connectivity index (χ4v) is 1.40. The molecular weight excluding hydrogens is 294 g/mol. The highest BCUT2D eigenvalue weighted by Crippen LogP contribution is 2.22. The summed E-state index contributed by atoms with van der Waals surface area (Å²) in [6, 6.07) is 11.5. The van der Waals surface area contributed by atoms with Crippen molar-refractivity contribution in [3.05, 3.63) is 48.8 Å². The topological polar surface area (TPSA) is 103 Å². The first kappa shape index (κ1) is 16.7. The number of benzene rings is 1. The van der Waals surface area contributed by atoms with Gasteiger partial charge in [-0.15, -0.1) is 12.4 Å². The quantitative estimate of drug-likeness (QED) is 0.763. The zero-order valence-electron chi connectivity index (χ0n) is 11.2. The van der Waals surface area contributed by atoms with Crippen molar-refractivity contribution < 1.29 is 9.26 Å². The first-order chi connectivity index (χ1) is 9.90. The molecule has 0 spiro atoms. The van der Waals surface area contributed by atoms with E-state index in [2.05, 4.69) is 20.6 Å². The molecule has 0 saturated carbocycles. The highest BCUT2D eigenvalue weighted by atomic mass is 35.5. The minimum Gasteiger partial charge on any atom is -0.474 e. The predicted molar refractivity (Wildman–Crippen MR) is 80.1 cm³/mol. The normalized spacial score (nSPS) is 9.19. The Labute approximate surface area is 127 Å². The molecule has 3 N–H and O–H groups in total. The Bertz CT molecular complexity index is 568. The molecule has 0 unspecified atom stereocenters. The molecule has 0 bridgehead atoms. The lowest BCUT2D eigenvalue weighted by atomic mass is 10.2. The summed E-state index contributed by atoms with van der Waals surface area (Å²) in [6.07, 6.45) is 3.17. The van der Waals surface area contributed by atoms with E-state index in [0.29, 0.717) is 24.8 Å². The number of nitrogens with two attached hydrogens (primary N) is 1. The lowest BCUT2D eigenvalue weighted by molar-refractivity contribution is 0.288. The summed E-state index contributed by atoms with van der Waals surface area (Å²) in [5.41, 5.74) is 6.29. The Kier molecular flexibility index (Phi) is 7.55. The van der Waals surface area contributed by atoms with E-state index in [4.69, 9.17) is 15.0 Å². The van der Waals surface area contributed by atoms with Crippen LogP contribution in [0.25, 0.3) is 11.3 Å². The zero-order valence-corrected chi connectivity index (χ0v) is 12.0. The summed E-state index contributed by atoms with van der Waals surface area (Å²) in [7, 11) is 0. The van der Waals surface area contributed by atoms with Gasteiger partial charge >= 0.3 is 0 Å². The van der Waals surface area contributed by atoms with E-state index >= 15 is 0 Å². The molecule has 7 nitrogen and oxygen atoms in total. The van der Waals surface area contributed by atoms with Gasteiger partial charge in [0.1, 0.15) is 6.61 Å². The number of hydrogen-bond acceptors (Lipinski definition) is 6. The monoisotopic (exact) mass is 309 g/mol. The lowest BCUT2D eigenvalue weighted by Crippen LogP contribution is -2.10. The van der Waals surface area contributed by atoms with E-state index in [1.54, 1.807) is 18.5 Å². The smallest absolute Gasteiger partial charge is 0.254 e. The molecule has 0 atom stereocenters. The maximum Gasteiger partial charge on any atom is 0.254 e. The maximum absolute atomic E-state index is 5.31. The predicted octanol–water partition coefficient (Wildman–Crippen LogP) is 1.91. The Balaban J connectivity index is 0.000000313. The number of nitrogens with one attached hydrogen (secondary N) is 1. The molecule has 2 aromatic heterocycles. The van der Waals surface area contributed by atoms with Gasteiger partial charge in [0, 0.05) is 18.2 Å². The largest absolute Gasteiger partial charge is 0.474 e. The Morgan fingerprint density at radius 1 is 1.14 bits per heavy atom. The molecule has 0 aliphatic rings. The molecule has 0 radical (unpaired) electrons. The number of halogens is 1. The second kappa shape index (κ2) is 9.51. The average Bonchev–Trinajstić information content (AvgIpc) is 3.20. The van der Waals surface area contributed by atoms with Crippen LogP contribution in [-0.2, 0) is 0 Å². The molecule has 2 heterocycles. The van der Waals surface area contributed by atoms with E-state index < -0.39 is 0 Å². The second-order valence-corrected chi connectivity index (χ2v) is 3.69. The van der Waals surface area contributed by atoms with Crippen LogP contribution in [0.2, 0.25) is 0 Å². The molecule has 0 aliphatic carbocycles. The lowest BCUT2D eigenvalue weighted by Gasteiger charge is -1.95. The third-order valence-electron chi connectivity index (χ3n) is 2.25. The molecule has 1 aromatic carbocycles. The minimum absolute atomic E-state index is 0. The number of nitrogens with zero attached hydrogens (tertiary/aromatic N) is 3. The maximum atomic E-state index is 5.31. The van der Waals surface area contributed by atoms with Gasteiger partial charge in [-0.05, 0) is 5.16 Å². The summed E-state index contributed by atoms with van der Waals surface area (Å²) >= 11 is 0. The first-order valence-electron chi connectivity index (χ1n) is 6.05. The Morgan fingerprint density at radius 3 is 2.43 bits per heavy atom. The number of H-pyrrole nitrogens is 1. The van der Waals surface area contributed by atoms with Gasteiger partial charge in [-0.1, -0.05) is 30.3 Å². The number of ether oxygens (including phenoxy) is 1. The SMILES string of the molecule is Cl.NCCOc1cc(-c2ccccc2)on1.c1cn[nH]n1. The second-order valence-electron chi connectivity index (χ2n) is 3.69. The van der Waals surface area contributed by atoms with E-state index in [1.807, 2.05) is 30.3 Å². The Hall–Kier alpha value is -2.38. The molecule has 112 valence electrons. The van der Waals surface area contributed by atoms with Gasteiger partial charge in [0.15, 0.2) is 5.76 Å². The van der Waals surface area contributed by atoms with Gasteiger partial charge in [0.2, 0.25) is 0 Å². The summed E-state index contributed by atoms with van der Waals surface area (Å²) in [6.45, 7) is 0.911. The third kappa shape index (κ3) is 5.64. The van der Waals surface area contributed by atoms with Crippen LogP contribution in [0, 0.1) is 0 Å². The highest BCUT2D eigenvalue weighted by Gasteiger charge is 2.06. The van der Waals surface area contributed by atoms with Crippen molar-refractivity contribution in [3.63, 3.8) is 0 Å². The van der Waals surface area contributed by atoms with Crippen LogP contribution in [0.1, 0.15) is 0 Å².